The van der Waals surface area contributed by atoms with Crippen LogP contribution in [0.5, 0.6) is 0 Å². The van der Waals surface area contributed by atoms with Gasteiger partial charge >= 0.3 is 0 Å². The number of hydrogen-bond donors (Lipinski definition) is 2. The molecule has 2 rings (SSSR count). The highest BCUT2D eigenvalue weighted by molar-refractivity contribution is 7.10. The van der Waals surface area contributed by atoms with E-state index in [0.29, 0.717) is 6.04 Å². The molecule has 0 aliphatic heterocycles. The van der Waals surface area contributed by atoms with E-state index in [9.17, 15) is 0 Å². The number of oxime groups is 1. The Labute approximate surface area is 123 Å². The molecule has 0 bridgehead atoms. The van der Waals surface area contributed by atoms with E-state index in [1.807, 2.05) is 24.3 Å². The van der Waals surface area contributed by atoms with Gasteiger partial charge in [0.25, 0.3) is 0 Å². The molecular formula is C15H19N3OS. The molecule has 0 saturated heterocycles. The SMILES string of the molecule is CC(c1cccs1)N(C)Cc1cccc(C(N)=NO)c1. The van der Waals surface area contributed by atoms with Crippen LogP contribution >= 0.6 is 11.3 Å². The molecule has 0 saturated carbocycles. The highest BCUT2D eigenvalue weighted by atomic mass is 32.1. The lowest BCUT2D eigenvalue weighted by Crippen LogP contribution is -2.21. The average Bonchev–Trinajstić information content (AvgIpc) is 3.00. The van der Waals surface area contributed by atoms with Gasteiger partial charge in [0.1, 0.15) is 0 Å². The molecule has 5 heteroatoms. The molecule has 1 atom stereocenters. The molecule has 1 unspecified atom stereocenters. The van der Waals surface area contributed by atoms with Gasteiger partial charge in [-0.05, 0) is 37.0 Å². The smallest absolute Gasteiger partial charge is 0.170 e. The number of rotatable bonds is 5. The summed E-state index contributed by atoms with van der Waals surface area (Å²) < 4.78 is 0. The van der Waals surface area contributed by atoms with Gasteiger partial charge in [-0.1, -0.05) is 29.4 Å². The highest BCUT2D eigenvalue weighted by Crippen LogP contribution is 2.24. The van der Waals surface area contributed by atoms with Crippen LogP contribution in [0.1, 0.15) is 29.0 Å². The number of benzene rings is 1. The predicted molar refractivity (Wildman–Crippen MR) is 83.2 cm³/mol. The van der Waals surface area contributed by atoms with E-state index in [1.165, 1.54) is 4.88 Å². The zero-order valence-electron chi connectivity index (χ0n) is 11.7. The first-order valence-corrected chi connectivity index (χ1v) is 7.30. The van der Waals surface area contributed by atoms with Gasteiger partial charge in [-0.25, -0.2) is 0 Å². The molecule has 0 radical (unpaired) electrons. The van der Waals surface area contributed by atoms with Crippen molar-refractivity contribution in [2.45, 2.75) is 19.5 Å². The van der Waals surface area contributed by atoms with Crippen LogP contribution < -0.4 is 5.73 Å². The van der Waals surface area contributed by atoms with Crippen LogP contribution in [0.15, 0.2) is 46.9 Å². The first-order chi connectivity index (χ1) is 9.61. The maximum Gasteiger partial charge on any atom is 0.170 e. The third kappa shape index (κ3) is 3.37. The maximum atomic E-state index is 8.73. The fourth-order valence-electron chi connectivity index (χ4n) is 2.06. The van der Waals surface area contributed by atoms with Gasteiger partial charge in [-0.15, -0.1) is 11.3 Å². The largest absolute Gasteiger partial charge is 0.409 e. The summed E-state index contributed by atoms with van der Waals surface area (Å²) in [5.41, 5.74) is 7.50. The summed E-state index contributed by atoms with van der Waals surface area (Å²) in [7, 11) is 2.10. The maximum absolute atomic E-state index is 8.73. The van der Waals surface area contributed by atoms with E-state index in [-0.39, 0.29) is 5.84 Å². The van der Waals surface area contributed by atoms with E-state index in [0.717, 1.165) is 17.7 Å². The van der Waals surface area contributed by atoms with E-state index in [1.54, 1.807) is 11.3 Å². The summed E-state index contributed by atoms with van der Waals surface area (Å²) in [6.07, 6.45) is 0. The third-order valence-electron chi connectivity index (χ3n) is 3.38. The van der Waals surface area contributed by atoms with Crippen LogP contribution in [0.4, 0.5) is 0 Å². The lowest BCUT2D eigenvalue weighted by atomic mass is 10.1. The fourth-order valence-corrected chi connectivity index (χ4v) is 2.91. The summed E-state index contributed by atoms with van der Waals surface area (Å²) >= 11 is 1.77. The molecule has 0 spiro atoms. The van der Waals surface area contributed by atoms with Gasteiger partial charge in [-0.2, -0.15) is 0 Å². The van der Waals surface area contributed by atoms with Gasteiger partial charge in [-0.3, -0.25) is 4.90 Å². The quantitative estimate of drug-likeness (QED) is 0.385. The van der Waals surface area contributed by atoms with Crippen molar-refractivity contribution in [1.29, 1.82) is 0 Å². The molecule has 3 N–H and O–H groups in total. The second-order valence-corrected chi connectivity index (χ2v) is 5.77. The molecule has 106 valence electrons. The van der Waals surface area contributed by atoms with E-state index >= 15 is 0 Å². The third-order valence-corrected chi connectivity index (χ3v) is 4.42. The molecule has 0 aliphatic rings. The first kappa shape index (κ1) is 14.6. The second kappa shape index (κ2) is 6.54. The van der Waals surface area contributed by atoms with Crippen molar-refractivity contribution < 1.29 is 5.21 Å². The number of nitrogens with two attached hydrogens (primary N) is 1. The molecule has 0 aliphatic carbocycles. The molecule has 1 aromatic heterocycles. The standard InChI is InChI=1S/C15H19N3OS/c1-11(14-7-4-8-20-14)18(2)10-12-5-3-6-13(9-12)15(16)17-19/h3-9,11,19H,10H2,1-2H3,(H2,16,17). The van der Waals surface area contributed by atoms with Crippen LogP contribution in [0, 0.1) is 0 Å². The van der Waals surface area contributed by atoms with Gasteiger partial charge < -0.3 is 10.9 Å². The molecule has 0 amide bonds. The first-order valence-electron chi connectivity index (χ1n) is 6.42. The number of hydrogen-bond acceptors (Lipinski definition) is 4. The fraction of sp³-hybridized carbons (Fsp3) is 0.267. The Morgan fingerprint density at radius 1 is 1.40 bits per heavy atom. The van der Waals surface area contributed by atoms with Crippen molar-refractivity contribution in [3.05, 3.63) is 57.8 Å². The molecule has 1 aromatic carbocycles. The minimum Gasteiger partial charge on any atom is -0.409 e. The number of thiophene rings is 1. The van der Waals surface area contributed by atoms with Crippen LogP contribution in [-0.2, 0) is 6.54 Å². The van der Waals surface area contributed by atoms with Crippen molar-refractivity contribution in [1.82, 2.24) is 4.90 Å². The molecule has 20 heavy (non-hydrogen) atoms. The zero-order valence-corrected chi connectivity index (χ0v) is 12.5. The van der Waals surface area contributed by atoms with E-state index in [2.05, 4.69) is 41.5 Å². The average molecular weight is 289 g/mol. The molecule has 1 heterocycles. The minimum atomic E-state index is 0.140. The van der Waals surface area contributed by atoms with Crippen LogP contribution in [0.2, 0.25) is 0 Å². The van der Waals surface area contributed by atoms with Crippen LogP contribution in [0.3, 0.4) is 0 Å². The van der Waals surface area contributed by atoms with Crippen LogP contribution in [0.25, 0.3) is 0 Å². The van der Waals surface area contributed by atoms with Crippen LogP contribution in [-0.4, -0.2) is 23.0 Å². The summed E-state index contributed by atoms with van der Waals surface area (Å²) in [4.78, 5) is 3.62. The van der Waals surface area contributed by atoms with Gasteiger partial charge in [0.2, 0.25) is 0 Å². The van der Waals surface area contributed by atoms with Crippen molar-refractivity contribution in [3.8, 4) is 0 Å². The minimum absolute atomic E-state index is 0.140. The molecule has 2 aromatic rings. The second-order valence-electron chi connectivity index (χ2n) is 4.79. The Morgan fingerprint density at radius 2 is 2.20 bits per heavy atom. The predicted octanol–water partition coefficient (Wildman–Crippen LogP) is 3.04. The van der Waals surface area contributed by atoms with Gasteiger partial charge in [0.15, 0.2) is 5.84 Å². The van der Waals surface area contributed by atoms with Gasteiger partial charge in [0, 0.05) is 23.0 Å². The Morgan fingerprint density at radius 3 is 2.85 bits per heavy atom. The molecule has 4 nitrogen and oxygen atoms in total. The van der Waals surface area contributed by atoms with Crippen molar-refractivity contribution in [2.75, 3.05) is 7.05 Å². The normalized spacial score (nSPS) is 13.7. The molecule has 0 fully saturated rings. The number of nitrogens with zero attached hydrogens (tertiary/aromatic N) is 2. The summed E-state index contributed by atoms with van der Waals surface area (Å²) in [5, 5.41) is 13.9. The molecular weight excluding hydrogens is 270 g/mol. The summed E-state index contributed by atoms with van der Waals surface area (Å²) in [6.45, 7) is 3.00. The Balaban J connectivity index is 2.10. The van der Waals surface area contributed by atoms with E-state index in [4.69, 9.17) is 10.9 Å². The highest BCUT2D eigenvalue weighted by Gasteiger charge is 2.13. The Kier molecular flexibility index (Phi) is 4.76. The number of amidine groups is 1. The lowest BCUT2D eigenvalue weighted by molar-refractivity contribution is 0.256. The monoisotopic (exact) mass is 289 g/mol. The Bertz CT molecular complexity index is 581. The van der Waals surface area contributed by atoms with Crippen molar-refractivity contribution >= 4 is 17.2 Å². The van der Waals surface area contributed by atoms with Crippen molar-refractivity contribution in [2.24, 2.45) is 10.9 Å². The topological polar surface area (TPSA) is 61.8 Å². The zero-order chi connectivity index (χ0) is 14.5. The summed E-state index contributed by atoms with van der Waals surface area (Å²) in [6, 6.07) is 12.3. The summed E-state index contributed by atoms with van der Waals surface area (Å²) in [5.74, 6) is 0.140. The van der Waals surface area contributed by atoms with Crippen molar-refractivity contribution in [3.63, 3.8) is 0 Å². The lowest BCUT2D eigenvalue weighted by Gasteiger charge is -2.24. The van der Waals surface area contributed by atoms with Gasteiger partial charge in [0.05, 0.1) is 0 Å². The Hall–Kier alpha value is -1.85. The van der Waals surface area contributed by atoms with E-state index < -0.39 is 0 Å².